The van der Waals surface area contributed by atoms with E-state index in [-0.39, 0.29) is 22.3 Å². The number of H-pyrrole nitrogens is 1. The fourth-order valence-corrected chi connectivity index (χ4v) is 3.47. The van der Waals surface area contributed by atoms with E-state index in [0.29, 0.717) is 11.1 Å². The summed E-state index contributed by atoms with van der Waals surface area (Å²) in [6, 6.07) is 16.1. The maximum Gasteiger partial charge on any atom is 0.173 e. The van der Waals surface area contributed by atoms with Gasteiger partial charge in [-0.1, -0.05) is 47.6 Å². The lowest BCUT2D eigenvalue weighted by atomic mass is 9.87. The van der Waals surface area contributed by atoms with E-state index in [1.54, 1.807) is 48.7 Å². The molecule has 0 atom stereocenters. The van der Waals surface area contributed by atoms with Crippen molar-refractivity contribution in [3.63, 3.8) is 0 Å². The van der Waals surface area contributed by atoms with Crippen molar-refractivity contribution in [1.29, 1.82) is 0 Å². The van der Waals surface area contributed by atoms with Gasteiger partial charge < -0.3 is 15.9 Å². The summed E-state index contributed by atoms with van der Waals surface area (Å²) in [5.74, 6) is -1.95. The second kappa shape index (κ2) is 6.81. The molecule has 3 aromatic carbocycles. The number of rotatable bonds is 3. The number of nitrogens with two attached hydrogens (primary N) is 1. The van der Waals surface area contributed by atoms with E-state index in [0.717, 1.165) is 10.9 Å². The molecular weight excluding hydrogens is 360 g/mol. The molecule has 6 heteroatoms. The largest absolute Gasteiger partial charge is 0.409 e. The smallest absolute Gasteiger partial charge is 0.173 e. The molecular formula is C22H17F2N3O. The summed E-state index contributed by atoms with van der Waals surface area (Å²) in [6.45, 7) is 1.34. The molecule has 4 nitrogen and oxygen atoms in total. The molecule has 1 heterocycles. The molecule has 4 aromatic rings. The molecule has 0 aliphatic rings. The highest BCUT2D eigenvalue weighted by Gasteiger charge is 2.26. The summed E-state index contributed by atoms with van der Waals surface area (Å²) in [5, 5.41) is 13.2. The quantitative estimate of drug-likeness (QED) is 0.199. The maximum atomic E-state index is 15.4. The average Bonchev–Trinajstić information content (AvgIpc) is 3.19. The van der Waals surface area contributed by atoms with Crippen LogP contribution in [0.5, 0.6) is 0 Å². The molecule has 0 aliphatic carbocycles. The highest BCUT2D eigenvalue weighted by Crippen LogP contribution is 2.40. The van der Waals surface area contributed by atoms with E-state index < -0.39 is 17.5 Å². The van der Waals surface area contributed by atoms with Gasteiger partial charge in [-0.05, 0) is 35.6 Å². The van der Waals surface area contributed by atoms with Crippen LogP contribution < -0.4 is 5.73 Å². The van der Waals surface area contributed by atoms with Crippen molar-refractivity contribution in [1.82, 2.24) is 4.98 Å². The number of nitrogens with zero attached hydrogens (tertiary/aromatic N) is 1. The summed E-state index contributed by atoms with van der Waals surface area (Å²) >= 11 is 0. The molecule has 0 aliphatic heterocycles. The van der Waals surface area contributed by atoms with Gasteiger partial charge in [0.1, 0.15) is 11.6 Å². The second-order valence-corrected chi connectivity index (χ2v) is 6.51. The van der Waals surface area contributed by atoms with Gasteiger partial charge >= 0.3 is 0 Å². The Hall–Kier alpha value is -3.67. The summed E-state index contributed by atoms with van der Waals surface area (Å²) in [4.78, 5) is 3.10. The first-order valence-corrected chi connectivity index (χ1v) is 8.65. The van der Waals surface area contributed by atoms with Gasteiger partial charge in [0.2, 0.25) is 0 Å². The number of nitrogens with one attached hydrogen (secondary N) is 1. The number of benzene rings is 3. The Bertz CT molecular complexity index is 1210. The van der Waals surface area contributed by atoms with Gasteiger partial charge in [-0.2, -0.15) is 0 Å². The number of fused-ring (bicyclic) bond motifs is 1. The molecule has 1 aromatic heterocycles. The molecule has 0 radical (unpaired) electrons. The summed E-state index contributed by atoms with van der Waals surface area (Å²) < 4.78 is 30.4. The van der Waals surface area contributed by atoms with Crippen molar-refractivity contribution in [2.75, 3.05) is 0 Å². The molecule has 0 saturated carbocycles. The van der Waals surface area contributed by atoms with Crippen LogP contribution in [-0.2, 0) is 0 Å². The molecule has 28 heavy (non-hydrogen) atoms. The molecule has 140 valence electrons. The maximum absolute atomic E-state index is 15.4. The first-order chi connectivity index (χ1) is 13.5. The van der Waals surface area contributed by atoms with Gasteiger partial charge in [-0.15, -0.1) is 0 Å². The van der Waals surface area contributed by atoms with E-state index in [2.05, 4.69) is 10.1 Å². The minimum atomic E-state index is -0.851. The average molecular weight is 377 g/mol. The van der Waals surface area contributed by atoms with Crippen molar-refractivity contribution in [3.8, 4) is 22.3 Å². The Morgan fingerprint density at radius 1 is 0.964 bits per heavy atom. The fourth-order valence-electron chi connectivity index (χ4n) is 3.47. The molecule has 0 amide bonds. The molecule has 4 N–H and O–H groups in total. The standard InChI is InChI=1S/C22H17F2N3O/c1-12-20(23)18(15-8-7-13-9-10-26-16(13)11-15)17(14-5-3-2-4-6-14)19(21(12)24)22(25)27-28/h2-11,26,28H,1H3,(H2,25,27). The predicted octanol–water partition coefficient (Wildman–Crippen LogP) is 5.18. The minimum Gasteiger partial charge on any atom is -0.409 e. The van der Waals surface area contributed by atoms with Crippen molar-refractivity contribution >= 4 is 16.7 Å². The Kier molecular flexibility index (Phi) is 4.31. The zero-order valence-electron chi connectivity index (χ0n) is 15.0. The molecule has 0 bridgehead atoms. The monoisotopic (exact) mass is 377 g/mol. The number of halogens is 2. The van der Waals surface area contributed by atoms with Crippen LogP contribution in [0.1, 0.15) is 11.1 Å². The van der Waals surface area contributed by atoms with Crippen LogP contribution in [0, 0.1) is 18.6 Å². The topological polar surface area (TPSA) is 74.4 Å². The van der Waals surface area contributed by atoms with Crippen molar-refractivity contribution in [2.45, 2.75) is 6.92 Å². The highest BCUT2D eigenvalue weighted by atomic mass is 19.1. The summed E-state index contributed by atoms with van der Waals surface area (Å²) in [7, 11) is 0. The van der Waals surface area contributed by atoms with Crippen LogP contribution >= 0.6 is 0 Å². The van der Waals surface area contributed by atoms with Crippen LogP contribution in [0.15, 0.2) is 65.9 Å². The molecule has 0 spiro atoms. The summed E-state index contributed by atoms with van der Waals surface area (Å²) in [5.41, 5.74) is 7.86. The third kappa shape index (κ3) is 2.70. The number of oxime groups is 1. The predicted molar refractivity (Wildman–Crippen MR) is 106 cm³/mol. The van der Waals surface area contributed by atoms with Crippen LogP contribution in [0.25, 0.3) is 33.2 Å². The van der Waals surface area contributed by atoms with E-state index >= 15 is 8.78 Å². The van der Waals surface area contributed by atoms with Crippen molar-refractivity contribution < 1.29 is 14.0 Å². The Morgan fingerprint density at radius 2 is 1.71 bits per heavy atom. The van der Waals surface area contributed by atoms with Gasteiger partial charge in [-0.3, -0.25) is 0 Å². The molecule has 0 fully saturated rings. The van der Waals surface area contributed by atoms with Gasteiger partial charge in [-0.25, -0.2) is 8.78 Å². The Labute approximate surface area is 159 Å². The zero-order valence-corrected chi connectivity index (χ0v) is 15.0. The number of aromatic nitrogens is 1. The fraction of sp³-hybridized carbons (Fsp3) is 0.0455. The lowest BCUT2D eigenvalue weighted by Crippen LogP contribution is -2.19. The Morgan fingerprint density at radius 3 is 2.43 bits per heavy atom. The number of hydrogen-bond acceptors (Lipinski definition) is 2. The zero-order chi connectivity index (χ0) is 19.8. The third-order valence-electron chi connectivity index (χ3n) is 4.87. The van der Waals surface area contributed by atoms with Crippen molar-refractivity contribution in [2.24, 2.45) is 10.9 Å². The van der Waals surface area contributed by atoms with Gasteiger partial charge in [0.25, 0.3) is 0 Å². The molecule has 4 rings (SSSR count). The van der Waals surface area contributed by atoms with Gasteiger partial charge in [0.15, 0.2) is 5.84 Å². The van der Waals surface area contributed by atoms with Crippen LogP contribution in [0.2, 0.25) is 0 Å². The first-order valence-electron chi connectivity index (χ1n) is 8.65. The lowest BCUT2D eigenvalue weighted by molar-refractivity contribution is 0.318. The van der Waals surface area contributed by atoms with E-state index in [1.165, 1.54) is 6.92 Å². The van der Waals surface area contributed by atoms with E-state index in [4.69, 9.17) is 5.73 Å². The molecule has 0 saturated heterocycles. The van der Waals surface area contributed by atoms with Gasteiger partial charge in [0, 0.05) is 28.4 Å². The molecule has 0 unspecified atom stereocenters. The number of aromatic amines is 1. The Balaban J connectivity index is 2.16. The van der Waals surface area contributed by atoms with E-state index in [9.17, 15) is 5.21 Å². The first kappa shape index (κ1) is 17.7. The SMILES string of the molecule is Cc1c(F)c(C(N)=NO)c(-c2ccccc2)c(-c2ccc3cc[nH]c3c2)c1F. The second-order valence-electron chi connectivity index (χ2n) is 6.51. The third-order valence-corrected chi connectivity index (χ3v) is 4.87. The summed E-state index contributed by atoms with van der Waals surface area (Å²) in [6.07, 6.45) is 1.79. The minimum absolute atomic E-state index is 0.130. The van der Waals surface area contributed by atoms with Crippen LogP contribution in [0.3, 0.4) is 0 Å². The van der Waals surface area contributed by atoms with Crippen molar-refractivity contribution in [3.05, 3.63) is 83.6 Å². The normalized spacial score (nSPS) is 11.9. The highest BCUT2D eigenvalue weighted by molar-refractivity contribution is 6.07. The number of amidine groups is 1. The van der Waals surface area contributed by atoms with Gasteiger partial charge in [0.05, 0.1) is 5.56 Å². The van der Waals surface area contributed by atoms with E-state index in [1.807, 2.05) is 12.1 Å². The number of hydrogen-bond donors (Lipinski definition) is 3. The lowest BCUT2D eigenvalue weighted by Gasteiger charge is -2.19. The van der Waals surface area contributed by atoms with Crippen LogP contribution in [-0.4, -0.2) is 16.0 Å². The van der Waals surface area contributed by atoms with Crippen LogP contribution in [0.4, 0.5) is 8.78 Å².